The van der Waals surface area contributed by atoms with Gasteiger partial charge in [-0.25, -0.2) is 4.98 Å². The molecule has 0 aliphatic heterocycles. The average Bonchev–Trinajstić information content (AvgIpc) is 3.80. The van der Waals surface area contributed by atoms with Gasteiger partial charge in [0.05, 0.1) is 12.4 Å². The van der Waals surface area contributed by atoms with E-state index in [2.05, 4.69) is 180 Å². The summed E-state index contributed by atoms with van der Waals surface area (Å²) in [7, 11) is 0. The van der Waals surface area contributed by atoms with Crippen molar-refractivity contribution in [1.29, 1.82) is 0 Å². The number of imidazole rings is 1. The van der Waals surface area contributed by atoms with E-state index in [0.717, 1.165) is 19.3 Å². The van der Waals surface area contributed by atoms with Crippen molar-refractivity contribution in [1.82, 2.24) is 15.0 Å². The second-order valence-electron chi connectivity index (χ2n) is 24.6. The molecule has 0 bridgehead atoms. The molecule has 0 saturated carbocycles. The minimum absolute atomic E-state index is 0.0556. The van der Waals surface area contributed by atoms with Crippen LogP contribution in [0.15, 0.2) is 67.3 Å². The number of hydrogen-bond acceptors (Lipinski definition) is 5. The molecule has 0 spiro atoms. The monoisotopic (exact) mass is 911 g/mol. The molecule has 0 aliphatic rings. The van der Waals surface area contributed by atoms with Gasteiger partial charge in [0, 0.05) is 42.0 Å². The fourth-order valence-electron chi connectivity index (χ4n) is 4.75. The minimum Gasteiger partial charge on any atom is -0.396 e. The first kappa shape index (κ1) is 65.2. The van der Waals surface area contributed by atoms with Crippen molar-refractivity contribution in [2.45, 2.75) is 196 Å². The molecule has 2 aromatic carbocycles. The van der Waals surface area contributed by atoms with E-state index in [4.69, 9.17) is 15.9 Å². The third-order valence-corrected chi connectivity index (χ3v) is 9.89. The molecular weight excluding hydrogens is 809 g/mol. The zero-order valence-corrected chi connectivity index (χ0v) is 46.5. The van der Waals surface area contributed by atoms with Gasteiger partial charge >= 0.3 is 0 Å². The number of para-hydroxylation sites is 1. The fraction of sp³-hybridized carbons (Fsp3) is 0.679. The van der Waals surface area contributed by atoms with Gasteiger partial charge in [-0.2, -0.15) is 11.8 Å². The average molecular weight is 912 g/mol. The second kappa shape index (κ2) is 31.0. The highest BCUT2D eigenvalue weighted by molar-refractivity contribution is 7.98. The van der Waals surface area contributed by atoms with Crippen molar-refractivity contribution < 1.29 is 15.0 Å². The lowest BCUT2D eigenvalue weighted by molar-refractivity contribution is -0.118. The summed E-state index contributed by atoms with van der Waals surface area (Å²) < 4.78 is 0. The normalized spacial score (nSPS) is 12.2. The predicted molar refractivity (Wildman–Crippen MR) is 286 cm³/mol. The van der Waals surface area contributed by atoms with Crippen LogP contribution < -0.4 is 5.73 Å². The van der Waals surface area contributed by atoms with Gasteiger partial charge in [0.15, 0.2) is 0 Å². The van der Waals surface area contributed by atoms with Gasteiger partial charge in [0.25, 0.3) is 0 Å². The van der Waals surface area contributed by atoms with Gasteiger partial charge in [0.2, 0.25) is 5.91 Å². The Morgan fingerprint density at radius 3 is 1.48 bits per heavy atom. The topological polar surface area (TPSA) is 128 Å². The Kier molecular flexibility index (Phi) is 31.6. The third-order valence-electron chi connectivity index (χ3n) is 9.28. The maximum absolute atomic E-state index is 10.3. The van der Waals surface area contributed by atoms with Crippen LogP contribution in [-0.2, 0) is 17.6 Å². The molecule has 7 nitrogen and oxygen atoms in total. The van der Waals surface area contributed by atoms with Crippen LogP contribution in [0.2, 0.25) is 0 Å². The van der Waals surface area contributed by atoms with E-state index in [1.807, 2.05) is 59.5 Å². The number of H-pyrrole nitrogens is 2. The van der Waals surface area contributed by atoms with Gasteiger partial charge in [0.1, 0.15) is 0 Å². The molecule has 6 N–H and O–H groups in total. The van der Waals surface area contributed by atoms with Crippen LogP contribution in [0, 0.1) is 39.4 Å². The smallest absolute Gasteiger partial charge is 0.217 e. The predicted octanol–water partition coefficient (Wildman–Crippen LogP) is 15.4. The summed E-state index contributed by atoms with van der Waals surface area (Å²) >= 11 is 1.93. The molecular formula is C56H102N4O3S. The highest BCUT2D eigenvalue weighted by Crippen LogP contribution is 2.25. The summed E-state index contributed by atoms with van der Waals surface area (Å²) in [6.07, 6.45) is 12.6. The number of primary amides is 1. The fourth-order valence-corrected chi connectivity index (χ4v) is 5.57. The number of nitrogens with one attached hydrogen (secondary N) is 2. The molecule has 64 heavy (non-hydrogen) atoms. The first-order valence-corrected chi connectivity index (χ1v) is 24.9. The summed E-state index contributed by atoms with van der Waals surface area (Å²) in [6, 6.07) is 17.2. The van der Waals surface area contributed by atoms with Crippen LogP contribution in [-0.4, -0.2) is 55.8 Å². The summed E-state index contributed by atoms with van der Waals surface area (Å²) in [5.41, 5.74) is 13.3. The largest absolute Gasteiger partial charge is 0.396 e. The van der Waals surface area contributed by atoms with Crippen molar-refractivity contribution in [2.75, 3.05) is 18.6 Å². The molecule has 1 atom stereocenters. The van der Waals surface area contributed by atoms with Gasteiger partial charge in [-0.3, -0.25) is 4.79 Å². The van der Waals surface area contributed by atoms with E-state index < -0.39 is 0 Å². The molecule has 2 heterocycles. The number of nitrogens with zero attached hydrogens (tertiary/aromatic N) is 1. The lowest BCUT2D eigenvalue weighted by Gasteiger charge is -2.21. The van der Waals surface area contributed by atoms with Crippen molar-refractivity contribution in [3.8, 4) is 0 Å². The van der Waals surface area contributed by atoms with E-state index in [-0.39, 0.29) is 34.9 Å². The van der Waals surface area contributed by atoms with Gasteiger partial charge in [-0.1, -0.05) is 187 Å². The number of aliphatic hydroxyl groups is 2. The van der Waals surface area contributed by atoms with Gasteiger partial charge < -0.3 is 25.9 Å². The van der Waals surface area contributed by atoms with E-state index in [1.54, 1.807) is 13.3 Å². The summed E-state index contributed by atoms with van der Waals surface area (Å²) in [6.45, 7) is 47.2. The molecule has 4 aromatic rings. The molecule has 0 fully saturated rings. The molecule has 8 heteroatoms. The van der Waals surface area contributed by atoms with Gasteiger partial charge in [-0.05, 0) is 107 Å². The summed E-state index contributed by atoms with van der Waals surface area (Å²) in [4.78, 5) is 20.6. The second-order valence-corrected chi connectivity index (χ2v) is 25.6. The number of rotatable bonds is 7. The number of hydrogen-bond donors (Lipinski definition) is 5. The maximum Gasteiger partial charge on any atom is 0.217 e. The Hall–Kier alpha value is -3.07. The van der Waals surface area contributed by atoms with E-state index in [1.165, 1.54) is 45.5 Å². The Morgan fingerprint density at radius 2 is 1.17 bits per heavy atom. The van der Waals surface area contributed by atoms with Crippen LogP contribution in [0.25, 0.3) is 10.9 Å². The zero-order chi connectivity index (χ0) is 50.8. The molecule has 4 rings (SSSR count). The first-order valence-electron chi connectivity index (χ1n) is 23.5. The highest BCUT2D eigenvalue weighted by Gasteiger charge is 2.16. The first-order chi connectivity index (χ1) is 28.8. The SMILES string of the molecule is CC(C)(C)CCC(N)=O.CC(C)(C)CO.CC(C)(C)Cc1cnc[nH]1.CC(C)c1c[nH]c2ccccc12.CC(O)C(C)(C)C.CSCCC(C)(C)C.Cc1ccc(CC(C)(C)C)cc1. The number of aromatic amines is 2. The van der Waals surface area contributed by atoms with E-state index in [9.17, 15) is 4.79 Å². The molecule has 2 aromatic heterocycles. The number of nitrogens with two attached hydrogens (primary N) is 1. The Morgan fingerprint density at radius 1 is 0.703 bits per heavy atom. The van der Waals surface area contributed by atoms with E-state index in [0.29, 0.717) is 28.6 Å². The number of aryl methyl sites for hydroxylation is 1. The number of thioether (sulfide) groups is 1. The third kappa shape index (κ3) is 42.9. The number of carbonyl (C=O) groups excluding carboxylic acids is 1. The van der Waals surface area contributed by atoms with Crippen LogP contribution in [0.1, 0.15) is 193 Å². The maximum atomic E-state index is 10.3. The number of amides is 1. The van der Waals surface area contributed by atoms with Crippen molar-refractivity contribution in [3.05, 3.63) is 89.6 Å². The number of aliphatic hydroxyl groups excluding tert-OH is 2. The molecule has 0 radical (unpaired) electrons. The lowest BCUT2D eigenvalue weighted by Crippen LogP contribution is -2.21. The van der Waals surface area contributed by atoms with Crippen LogP contribution >= 0.6 is 11.8 Å². The summed E-state index contributed by atoms with van der Waals surface area (Å²) in [5.74, 6) is 1.69. The Bertz CT molecular complexity index is 1710. The van der Waals surface area contributed by atoms with E-state index >= 15 is 0 Å². The highest BCUT2D eigenvalue weighted by atomic mass is 32.2. The summed E-state index contributed by atoms with van der Waals surface area (Å²) in [5, 5.41) is 18.6. The standard InChI is InChI=1S/C12H18.C11H13N.C8H14N2.C7H15NO.C7H16S.C6H14O.C5H12O/c1-10-5-7-11(8-6-10)9-12(2,3)4;1-8(2)10-7-12-11-6-4-3-5-9(10)11;1-8(2,3)4-7-5-9-6-10-7;1-7(2,3)5-4-6(8)9;1-7(2,3)5-6-8-4;1-5(7)6(2,3)4;1-5(2,3)4-6/h5-8H,9H2,1-4H3;3-8,12H,1-2H3;5-6H,4H2,1-3H3,(H,9,10);4-5H2,1-3H3,(H2,8,9);5-6H2,1-4H3;5,7H,1-4H3;6H,4H2,1-3H3. The van der Waals surface area contributed by atoms with Crippen LogP contribution in [0.5, 0.6) is 0 Å². The van der Waals surface area contributed by atoms with Crippen LogP contribution in [0.3, 0.4) is 0 Å². The quantitative estimate of drug-likeness (QED) is 0.126. The molecule has 1 amide bonds. The number of fused-ring (bicyclic) bond motifs is 1. The van der Waals surface area contributed by atoms with Gasteiger partial charge in [-0.15, -0.1) is 0 Å². The van der Waals surface area contributed by atoms with Crippen molar-refractivity contribution in [3.63, 3.8) is 0 Å². The van der Waals surface area contributed by atoms with Crippen molar-refractivity contribution >= 4 is 28.6 Å². The number of benzene rings is 2. The number of carbonyl (C=O) groups is 1. The Balaban J connectivity index is -0.000000688. The number of aromatic nitrogens is 3. The zero-order valence-electron chi connectivity index (χ0n) is 45.7. The Labute approximate surface area is 399 Å². The molecule has 1 unspecified atom stereocenters. The molecule has 370 valence electrons. The minimum atomic E-state index is -0.204. The van der Waals surface area contributed by atoms with Crippen molar-refractivity contribution in [2.24, 2.45) is 38.2 Å². The van der Waals surface area contributed by atoms with Crippen LogP contribution in [0.4, 0.5) is 0 Å². The lowest BCUT2D eigenvalue weighted by atomic mass is 9.88. The molecule has 0 aliphatic carbocycles. The molecule has 0 saturated heterocycles.